The largest absolute Gasteiger partial charge is 0.481 e. The molecule has 16 heavy (non-hydrogen) atoms. The van der Waals surface area contributed by atoms with Gasteiger partial charge in [-0.1, -0.05) is 0 Å². The first kappa shape index (κ1) is 11.4. The van der Waals surface area contributed by atoms with Gasteiger partial charge in [-0.3, -0.25) is 14.5 Å². The van der Waals surface area contributed by atoms with Crippen molar-refractivity contribution >= 4 is 11.9 Å². The van der Waals surface area contributed by atoms with Crippen molar-refractivity contribution in [2.45, 2.75) is 31.3 Å². The second kappa shape index (κ2) is 4.05. The summed E-state index contributed by atoms with van der Waals surface area (Å²) in [6.07, 6.45) is 2.66. The van der Waals surface area contributed by atoms with Gasteiger partial charge in [0.2, 0.25) is 5.91 Å². The van der Waals surface area contributed by atoms with Gasteiger partial charge in [0.25, 0.3) is 0 Å². The number of hydrogen-bond acceptors (Lipinski definition) is 3. The molecule has 0 saturated carbocycles. The van der Waals surface area contributed by atoms with E-state index in [0.717, 1.165) is 12.8 Å². The number of aliphatic carboxylic acids is 1. The third-order valence-corrected chi connectivity index (χ3v) is 3.81. The number of carboxylic acids is 1. The summed E-state index contributed by atoms with van der Waals surface area (Å²) in [5.74, 6) is -0.925. The molecule has 2 fully saturated rings. The molecule has 3 atom stereocenters. The van der Waals surface area contributed by atoms with E-state index in [2.05, 4.69) is 4.90 Å². The van der Waals surface area contributed by atoms with Crippen LogP contribution in [0.25, 0.3) is 0 Å². The molecule has 0 aliphatic carbocycles. The van der Waals surface area contributed by atoms with E-state index >= 15 is 0 Å². The average Bonchev–Trinajstić information content (AvgIpc) is 2.75. The van der Waals surface area contributed by atoms with Gasteiger partial charge in [-0.05, 0) is 19.3 Å². The Morgan fingerprint density at radius 2 is 2.06 bits per heavy atom. The minimum Gasteiger partial charge on any atom is -0.481 e. The topological polar surface area (TPSA) is 60.9 Å². The Kier molecular flexibility index (Phi) is 2.88. The van der Waals surface area contributed by atoms with Crippen molar-refractivity contribution in [2.75, 3.05) is 20.6 Å². The van der Waals surface area contributed by atoms with Gasteiger partial charge in [0, 0.05) is 26.2 Å². The fourth-order valence-corrected chi connectivity index (χ4v) is 2.91. The summed E-state index contributed by atoms with van der Waals surface area (Å²) < 4.78 is 0. The highest BCUT2D eigenvalue weighted by Crippen LogP contribution is 2.41. The molecule has 0 aromatic rings. The van der Waals surface area contributed by atoms with E-state index in [-0.39, 0.29) is 17.9 Å². The average molecular weight is 226 g/mol. The lowest BCUT2D eigenvalue weighted by Crippen LogP contribution is -2.40. The Morgan fingerprint density at radius 3 is 2.56 bits per heavy atom. The Morgan fingerprint density at radius 1 is 1.38 bits per heavy atom. The van der Waals surface area contributed by atoms with Gasteiger partial charge in [0.1, 0.15) is 0 Å². The van der Waals surface area contributed by atoms with E-state index in [9.17, 15) is 9.59 Å². The number of carboxylic acid groups (broad SMARTS) is 1. The van der Waals surface area contributed by atoms with Crippen LogP contribution in [-0.4, -0.2) is 59.5 Å². The van der Waals surface area contributed by atoms with Crippen LogP contribution in [0.1, 0.15) is 19.3 Å². The molecule has 0 aromatic carbocycles. The fourth-order valence-electron chi connectivity index (χ4n) is 2.91. The Labute approximate surface area is 95.0 Å². The summed E-state index contributed by atoms with van der Waals surface area (Å²) in [6, 6.07) is 0.376. The van der Waals surface area contributed by atoms with E-state index in [1.54, 1.807) is 19.0 Å². The predicted octanol–water partition coefficient (Wildman–Crippen LogP) is 0.0121. The molecule has 2 rings (SSSR count). The molecule has 2 bridgehead atoms. The van der Waals surface area contributed by atoms with Crippen LogP contribution in [0.15, 0.2) is 0 Å². The van der Waals surface area contributed by atoms with Crippen molar-refractivity contribution in [2.24, 2.45) is 5.92 Å². The van der Waals surface area contributed by atoms with Crippen LogP contribution in [-0.2, 0) is 9.59 Å². The summed E-state index contributed by atoms with van der Waals surface area (Å²) in [7, 11) is 3.46. The molecule has 1 N–H and O–H groups in total. The lowest BCUT2D eigenvalue weighted by atomic mass is 9.89. The molecule has 5 nitrogen and oxygen atoms in total. The zero-order valence-electron chi connectivity index (χ0n) is 9.72. The molecule has 5 heteroatoms. The van der Waals surface area contributed by atoms with Gasteiger partial charge < -0.3 is 10.0 Å². The quantitative estimate of drug-likeness (QED) is 0.736. The lowest BCUT2D eigenvalue weighted by molar-refractivity contribution is -0.143. The minimum absolute atomic E-state index is 0.0583. The third-order valence-electron chi connectivity index (χ3n) is 3.81. The predicted molar refractivity (Wildman–Crippen MR) is 58.0 cm³/mol. The number of rotatable bonds is 3. The van der Waals surface area contributed by atoms with Gasteiger partial charge >= 0.3 is 5.97 Å². The van der Waals surface area contributed by atoms with Gasteiger partial charge in [0.15, 0.2) is 0 Å². The summed E-state index contributed by atoms with van der Waals surface area (Å²) >= 11 is 0. The maximum absolute atomic E-state index is 11.6. The number of carbonyl (C=O) groups is 2. The molecule has 2 saturated heterocycles. The molecule has 1 amide bonds. The van der Waals surface area contributed by atoms with Crippen molar-refractivity contribution in [1.29, 1.82) is 0 Å². The molecular weight excluding hydrogens is 208 g/mol. The van der Waals surface area contributed by atoms with Gasteiger partial charge in [0.05, 0.1) is 12.5 Å². The third kappa shape index (κ3) is 1.80. The molecule has 3 unspecified atom stereocenters. The van der Waals surface area contributed by atoms with Crippen LogP contribution in [0.5, 0.6) is 0 Å². The fraction of sp³-hybridized carbons (Fsp3) is 0.818. The van der Waals surface area contributed by atoms with Gasteiger partial charge in [-0.25, -0.2) is 0 Å². The number of hydrogen-bond donors (Lipinski definition) is 1. The van der Waals surface area contributed by atoms with Crippen molar-refractivity contribution < 1.29 is 14.7 Å². The highest BCUT2D eigenvalue weighted by molar-refractivity contribution is 5.78. The summed E-state index contributed by atoms with van der Waals surface area (Å²) in [6.45, 7) is 0.367. The molecule has 2 aliphatic heterocycles. The van der Waals surface area contributed by atoms with Crippen molar-refractivity contribution in [1.82, 2.24) is 9.80 Å². The Balaban J connectivity index is 2.02. The minimum atomic E-state index is -0.713. The first-order chi connectivity index (χ1) is 7.50. The van der Waals surface area contributed by atoms with Crippen LogP contribution >= 0.6 is 0 Å². The van der Waals surface area contributed by atoms with Crippen molar-refractivity contribution in [3.05, 3.63) is 0 Å². The molecule has 0 radical (unpaired) electrons. The number of amides is 1. The molecule has 90 valence electrons. The second-order valence-corrected chi connectivity index (χ2v) is 4.94. The standard InChI is InChI=1S/C11H18N2O3/c1-12(2)10(14)6-13-7-3-4-9(13)8(5-7)11(15)16/h7-9H,3-6H2,1-2H3,(H,15,16). The van der Waals surface area contributed by atoms with Crippen molar-refractivity contribution in [3.63, 3.8) is 0 Å². The SMILES string of the molecule is CN(C)C(=O)CN1C2CCC1C(C(=O)O)C2. The van der Waals surface area contributed by atoms with Crippen LogP contribution in [0.3, 0.4) is 0 Å². The maximum Gasteiger partial charge on any atom is 0.308 e. The molecular formula is C11H18N2O3. The zero-order valence-corrected chi connectivity index (χ0v) is 9.72. The van der Waals surface area contributed by atoms with Crippen LogP contribution < -0.4 is 0 Å². The van der Waals surface area contributed by atoms with Crippen LogP contribution in [0.2, 0.25) is 0 Å². The number of likely N-dealkylation sites (N-methyl/N-ethyl adjacent to an activating group) is 1. The highest BCUT2D eigenvalue weighted by Gasteiger charge is 2.49. The monoisotopic (exact) mass is 226 g/mol. The number of nitrogens with zero attached hydrogens (tertiary/aromatic N) is 2. The summed E-state index contributed by atoms with van der Waals surface area (Å²) in [4.78, 5) is 26.3. The normalized spacial score (nSPS) is 33.0. The van der Waals surface area contributed by atoms with E-state index in [1.807, 2.05) is 0 Å². The Hall–Kier alpha value is -1.10. The first-order valence-corrected chi connectivity index (χ1v) is 5.69. The molecule has 2 heterocycles. The van der Waals surface area contributed by atoms with Gasteiger partial charge in [-0.2, -0.15) is 0 Å². The molecule has 2 aliphatic rings. The van der Waals surface area contributed by atoms with E-state index in [4.69, 9.17) is 5.11 Å². The maximum atomic E-state index is 11.6. The van der Waals surface area contributed by atoms with Crippen LogP contribution in [0.4, 0.5) is 0 Å². The summed E-state index contributed by atoms with van der Waals surface area (Å²) in [5.41, 5.74) is 0. The van der Waals surface area contributed by atoms with E-state index < -0.39 is 5.97 Å². The lowest BCUT2D eigenvalue weighted by Gasteiger charge is -2.23. The highest BCUT2D eigenvalue weighted by atomic mass is 16.4. The van der Waals surface area contributed by atoms with E-state index in [0.29, 0.717) is 19.0 Å². The number of carbonyl (C=O) groups excluding carboxylic acids is 1. The van der Waals surface area contributed by atoms with Gasteiger partial charge in [-0.15, -0.1) is 0 Å². The van der Waals surface area contributed by atoms with Crippen molar-refractivity contribution in [3.8, 4) is 0 Å². The second-order valence-electron chi connectivity index (χ2n) is 4.94. The number of fused-ring (bicyclic) bond motifs is 2. The first-order valence-electron chi connectivity index (χ1n) is 5.69. The van der Waals surface area contributed by atoms with Crippen LogP contribution in [0, 0.1) is 5.92 Å². The van der Waals surface area contributed by atoms with E-state index in [1.165, 1.54) is 0 Å². The summed E-state index contributed by atoms with van der Waals surface area (Å²) in [5, 5.41) is 9.07. The zero-order chi connectivity index (χ0) is 11.9. The molecule has 0 aromatic heterocycles. The Bertz CT molecular complexity index is 316. The smallest absolute Gasteiger partial charge is 0.308 e. The molecule has 0 spiro atoms.